The summed E-state index contributed by atoms with van der Waals surface area (Å²) in [4.78, 5) is 24.4. The van der Waals surface area contributed by atoms with Crippen molar-refractivity contribution in [2.24, 2.45) is 0 Å². The maximum atomic E-state index is 12.0. The molecule has 0 aliphatic rings. The molecule has 1 amide bonds. The number of nitrogens with one attached hydrogen (secondary N) is 1. The zero-order valence-corrected chi connectivity index (χ0v) is 13.1. The van der Waals surface area contributed by atoms with Gasteiger partial charge < -0.3 is 11.1 Å². The SMILES string of the molecule is Nc1ccc(C(=O)NCCc2csc(-c3ccncc3)n2)cn1. The van der Waals surface area contributed by atoms with Crippen LogP contribution in [0.5, 0.6) is 0 Å². The van der Waals surface area contributed by atoms with Gasteiger partial charge in [-0.2, -0.15) is 0 Å². The minimum atomic E-state index is -0.165. The van der Waals surface area contributed by atoms with E-state index in [0.717, 1.165) is 16.3 Å². The molecule has 0 fully saturated rings. The van der Waals surface area contributed by atoms with Crippen LogP contribution in [0, 0.1) is 0 Å². The van der Waals surface area contributed by atoms with Gasteiger partial charge in [-0.15, -0.1) is 11.3 Å². The molecule has 0 spiro atoms. The first-order chi connectivity index (χ1) is 11.2. The van der Waals surface area contributed by atoms with Gasteiger partial charge in [0.25, 0.3) is 5.91 Å². The van der Waals surface area contributed by atoms with Gasteiger partial charge in [0.15, 0.2) is 0 Å². The molecule has 3 heterocycles. The average molecular weight is 325 g/mol. The topological polar surface area (TPSA) is 93.8 Å². The van der Waals surface area contributed by atoms with Gasteiger partial charge >= 0.3 is 0 Å². The Balaban J connectivity index is 1.54. The lowest BCUT2D eigenvalue weighted by Crippen LogP contribution is -2.25. The molecule has 6 nitrogen and oxygen atoms in total. The van der Waals surface area contributed by atoms with E-state index < -0.39 is 0 Å². The van der Waals surface area contributed by atoms with Gasteiger partial charge in [0.2, 0.25) is 0 Å². The van der Waals surface area contributed by atoms with Crippen LogP contribution < -0.4 is 11.1 Å². The number of aromatic nitrogens is 3. The predicted molar refractivity (Wildman–Crippen MR) is 90.0 cm³/mol. The highest BCUT2D eigenvalue weighted by molar-refractivity contribution is 7.13. The third-order valence-electron chi connectivity index (χ3n) is 3.19. The Morgan fingerprint density at radius 3 is 2.78 bits per heavy atom. The zero-order valence-electron chi connectivity index (χ0n) is 12.3. The molecule has 0 saturated heterocycles. The summed E-state index contributed by atoms with van der Waals surface area (Å²) in [5.41, 5.74) is 8.00. The Kier molecular flexibility index (Phi) is 4.58. The molecule has 0 aliphatic carbocycles. The van der Waals surface area contributed by atoms with Crippen molar-refractivity contribution in [1.29, 1.82) is 0 Å². The number of rotatable bonds is 5. The third-order valence-corrected chi connectivity index (χ3v) is 4.13. The lowest BCUT2D eigenvalue weighted by molar-refractivity contribution is 0.0954. The zero-order chi connectivity index (χ0) is 16.1. The van der Waals surface area contributed by atoms with Crippen molar-refractivity contribution < 1.29 is 4.79 Å². The first-order valence-electron chi connectivity index (χ1n) is 7.07. The Bertz CT molecular complexity index is 786. The van der Waals surface area contributed by atoms with Crippen molar-refractivity contribution >= 4 is 23.1 Å². The van der Waals surface area contributed by atoms with Crippen LogP contribution in [-0.4, -0.2) is 27.4 Å². The van der Waals surface area contributed by atoms with E-state index in [4.69, 9.17) is 5.73 Å². The monoisotopic (exact) mass is 325 g/mol. The minimum absolute atomic E-state index is 0.165. The first kappa shape index (κ1) is 15.1. The van der Waals surface area contributed by atoms with E-state index in [1.165, 1.54) is 6.20 Å². The molecule has 3 rings (SSSR count). The predicted octanol–water partition coefficient (Wildman–Crippen LogP) is 2.15. The second kappa shape index (κ2) is 6.97. The van der Waals surface area contributed by atoms with Gasteiger partial charge in [-0.05, 0) is 24.3 Å². The Morgan fingerprint density at radius 1 is 1.22 bits per heavy atom. The fourth-order valence-corrected chi connectivity index (χ4v) is 2.86. The number of nitrogens with zero attached hydrogens (tertiary/aromatic N) is 3. The summed E-state index contributed by atoms with van der Waals surface area (Å²) in [5.74, 6) is 0.231. The first-order valence-corrected chi connectivity index (χ1v) is 7.95. The number of thiazole rings is 1. The summed E-state index contributed by atoms with van der Waals surface area (Å²) >= 11 is 1.58. The number of amides is 1. The summed E-state index contributed by atoms with van der Waals surface area (Å²) < 4.78 is 0. The van der Waals surface area contributed by atoms with E-state index in [2.05, 4.69) is 20.3 Å². The van der Waals surface area contributed by atoms with E-state index in [9.17, 15) is 4.79 Å². The van der Waals surface area contributed by atoms with Gasteiger partial charge in [0.1, 0.15) is 10.8 Å². The molecular weight excluding hydrogens is 310 g/mol. The van der Waals surface area contributed by atoms with Gasteiger partial charge in [0, 0.05) is 42.5 Å². The second-order valence-corrected chi connectivity index (χ2v) is 5.72. The Labute approximate surface area is 137 Å². The molecule has 3 N–H and O–H groups in total. The molecule has 23 heavy (non-hydrogen) atoms. The molecule has 3 aromatic heterocycles. The smallest absolute Gasteiger partial charge is 0.252 e. The van der Waals surface area contributed by atoms with Crippen molar-refractivity contribution in [3.8, 4) is 10.6 Å². The molecule has 0 saturated carbocycles. The normalized spacial score (nSPS) is 10.4. The number of pyridine rings is 2. The highest BCUT2D eigenvalue weighted by Crippen LogP contribution is 2.22. The van der Waals surface area contributed by atoms with Gasteiger partial charge in [-0.1, -0.05) is 0 Å². The van der Waals surface area contributed by atoms with Gasteiger partial charge in [-0.3, -0.25) is 9.78 Å². The van der Waals surface area contributed by atoms with Crippen molar-refractivity contribution in [2.45, 2.75) is 6.42 Å². The molecule has 0 atom stereocenters. The number of nitrogen functional groups attached to an aromatic ring is 1. The highest BCUT2D eigenvalue weighted by atomic mass is 32.1. The summed E-state index contributed by atoms with van der Waals surface area (Å²) in [7, 11) is 0. The van der Waals surface area contributed by atoms with Crippen LogP contribution in [0.15, 0.2) is 48.2 Å². The molecule has 116 valence electrons. The highest BCUT2D eigenvalue weighted by Gasteiger charge is 2.07. The van der Waals surface area contributed by atoms with Crippen LogP contribution in [0.1, 0.15) is 16.1 Å². The summed E-state index contributed by atoms with van der Waals surface area (Å²) in [6, 6.07) is 7.12. The van der Waals surface area contributed by atoms with E-state index in [1.807, 2.05) is 17.5 Å². The Morgan fingerprint density at radius 2 is 2.04 bits per heavy atom. The number of hydrogen-bond donors (Lipinski definition) is 2. The second-order valence-electron chi connectivity index (χ2n) is 4.86. The quantitative estimate of drug-likeness (QED) is 0.749. The molecule has 0 bridgehead atoms. The molecule has 0 aliphatic heterocycles. The van der Waals surface area contributed by atoms with Gasteiger partial charge in [0.05, 0.1) is 11.3 Å². The van der Waals surface area contributed by atoms with Crippen LogP contribution in [-0.2, 0) is 6.42 Å². The van der Waals surface area contributed by atoms with E-state index in [1.54, 1.807) is 35.9 Å². The standard InChI is InChI=1S/C16H15N5OS/c17-14-2-1-12(9-20-14)15(22)19-8-5-13-10-23-16(21-13)11-3-6-18-7-4-11/h1-4,6-7,9-10H,5,8H2,(H2,17,20)(H,19,22). The number of carbonyl (C=O) groups is 1. The maximum absolute atomic E-state index is 12.0. The fraction of sp³-hybridized carbons (Fsp3) is 0.125. The van der Waals surface area contributed by atoms with E-state index in [0.29, 0.717) is 24.3 Å². The molecular formula is C16H15N5OS. The van der Waals surface area contributed by atoms with Crippen molar-refractivity contribution in [1.82, 2.24) is 20.3 Å². The van der Waals surface area contributed by atoms with Crippen LogP contribution in [0.3, 0.4) is 0 Å². The van der Waals surface area contributed by atoms with Crippen molar-refractivity contribution in [3.05, 3.63) is 59.5 Å². The average Bonchev–Trinajstić information content (AvgIpc) is 3.05. The van der Waals surface area contributed by atoms with Crippen LogP contribution in [0.4, 0.5) is 5.82 Å². The van der Waals surface area contributed by atoms with Crippen molar-refractivity contribution in [3.63, 3.8) is 0 Å². The van der Waals surface area contributed by atoms with Crippen LogP contribution in [0.25, 0.3) is 10.6 Å². The number of hydrogen-bond acceptors (Lipinski definition) is 6. The Hall–Kier alpha value is -2.80. The largest absolute Gasteiger partial charge is 0.384 e. The van der Waals surface area contributed by atoms with E-state index in [-0.39, 0.29) is 5.91 Å². The minimum Gasteiger partial charge on any atom is -0.384 e. The summed E-state index contributed by atoms with van der Waals surface area (Å²) in [6.45, 7) is 0.517. The third kappa shape index (κ3) is 3.89. The number of carbonyl (C=O) groups excluding carboxylic acids is 1. The van der Waals surface area contributed by atoms with Crippen LogP contribution >= 0.6 is 11.3 Å². The lowest BCUT2D eigenvalue weighted by atomic mass is 10.2. The molecule has 3 aromatic rings. The maximum Gasteiger partial charge on any atom is 0.252 e. The number of nitrogens with two attached hydrogens (primary N) is 1. The molecule has 0 unspecified atom stereocenters. The summed E-state index contributed by atoms with van der Waals surface area (Å²) in [5, 5.41) is 5.81. The molecule has 0 aromatic carbocycles. The fourth-order valence-electron chi connectivity index (χ4n) is 1.99. The summed E-state index contributed by atoms with van der Waals surface area (Å²) in [6.07, 6.45) is 5.64. The molecule has 7 heteroatoms. The van der Waals surface area contributed by atoms with Gasteiger partial charge in [-0.25, -0.2) is 9.97 Å². The number of anilines is 1. The van der Waals surface area contributed by atoms with Crippen LogP contribution in [0.2, 0.25) is 0 Å². The van der Waals surface area contributed by atoms with E-state index >= 15 is 0 Å². The van der Waals surface area contributed by atoms with Crippen molar-refractivity contribution in [2.75, 3.05) is 12.3 Å². The molecule has 0 radical (unpaired) electrons. The lowest BCUT2D eigenvalue weighted by Gasteiger charge is -2.04.